The van der Waals surface area contributed by atoms with Gasteiger partial charge in [-0.1, -0.05) is 56.4 Å². The fraction of sp³-hybridized carbons (Fsp3) is 0.385. The van der Waals surface area contributed by atoms with Crippen molar-refractivity contribution in [3.8, 4) is 0 Å². The van der Waals surface area contributed by atoms with Gasteiger partial charge in [-0.15, -0.1) is 6.58 Å². The van der Waals surface area contributed by atoms with Crippen molar-refractivity contribution < 1.29 is 0 Å². The molecule has 2 atom stereocenters. The van der Waals surface area contributed by atoms with E-state index in [-0.39, 0.29) is 0 Å². The molecule has 0 radical (unpaired) electrons. The number of hydrogen-bond acceptors (Lipinski definition) is 0. The van der Waals surface area contributed by atoms with Crippen LogP contribution in [0.25, 0.3) is 0 Å². The third kappa shape index (κ3) is 6.15. The first kappa shape index (κ1) is 12.0. The second-order valence-corrected chi connectivity index (χ2v) is 3.25. The summed E-state index contributed by atoms with van der Waals surface area (Å²) in [5.74, 6) is 1.11. The lowest BCUT2D eigenvalue weighted by molar-refractivity contribution is 0.559. The second kappa shape index (κ2) is 7.60. The van der Waals surface area contributed by atoms with Gasteiger partial charge in [0.2, 0.25) is 0 Å². The Morgan fingerprint density at radius 1 is 0.923 bits per heavy atom. The highest BCUT2D eigenvalue weighted by atomic mass is 14.1. The minimum Gasteiger partial charge on any atom is -0.103 e. The van der Waals surface area contributed by atoms with E-state index in [1.54, 1.807) is 0 Å². The van der Waals surface area contributed by atoms with Gasteiger partial charge >= 0.3 is 0 Å². The molecule has 0 spiro atoms. The Labute approximate surface area is 82.4 Å². The molecule has 0 aromatic carbocycles. The molecule has 13 heavy (non-hydrogen) atoms. The maximum atomic E-state index is 3.78. The fourth-order valence-corrected chi connectivity index (χ4v) is 0.869. The standard InChI is InChI=1S/C13H20/c1-5-7-8-9-10-11-13(4)12(3)6-2/h5-13H,2H2,1,3-4H3/b7-5-,9-8-,11-10+. The fourth-order valence-electron chi connectivity index (χ4n) is 0.869. The highest BCUT2D eigenvalue weighted by Gasteiger charge is 2.02. The molecule has 0 heteroatoms. The van der Waals surface area contributed by atoms with E-state index in [1.807, 2.05) is 37.3 Å². The average molecular weight is 176 g/mol. The lowest BCUT2D eigenvalue weighted by Crippen LogP contribution is -2.00. The third-order valence-corrected chi connectivity index (χ3v) is 2.14. The van der Waals surface area contributed by atoms with Crippen LogP contribution in [0.3, 0.4) is 0 Å². The van der Waals surface area contributed by atoms with Gasteiger partial charge in [-0.25, -0.2) is 0 Å². The summed E-state index contributed by atoms with van der Waals surface area (Å²) in [5, 5.41) is 0. The van der Waals surface area contributed by atoms with Crippen LogP contribution in [0.15, 0.2) is 49.1 Å². The quantitative estimate of drug-likeness (QED) is 0.436. The van der Waals surface area contributed by atoms with Crippen LogP contribution in [0.1, 0.15) is 20.8 Å². The van der Waals surface area contributed by atoms with Crippen molar-refractivity contribution in [3.05, 3.63) is 49.1 Å². The molecule has 0 nitrogen and oxygen atoms in total. The van der Waals surface area contributed by atoms with Gasteiger partial charge in [0.15, 0.2) is 0 Å². The van der Waals surface area contributed by atoms with E-state index in [0.717, 1.165) is 0 Å². The van der Waals surface area contributed by atoms with Crippen LogP contribution >= 0.6 is 0 Å². The zero-order valence-corrected chi connectivity index (χ0v) is 8.90. The molecule has 0 aliphatic rings. The number of rotatable bonds is 5. The molecule has 0 aromatic heterocycles. The van der Waals surface area contributed by atoms with E-state index in [0.29, 0.717) is 11.8 Å². The summed E-state index contributed by atoms with van der Waals surface area (Å²) in [5.41, 5.74) is 0. The maximum absolute atomic E-state index is 3.78. The first-order valence-electron chi connectivity index (χ1n) is 4.81. The van der Waals surface area contributed by atoms with E-state index >= 15 is 0 Å². The zero-order chi connectivity index (χ0) is 10.1. The molecule has 0 fully saturated rings. The monoisotopic (exact) mass is 176 g/mol. The predicted octanol–water partition coefficient (Wildman–Crippen LogP) is 4.13. The second-order valence-electron chi connectivity index (χ2n) is 3.25. The van der Waals surface area contributed by atoms with Gasteiger partial charge in [0.1, 0.15) is 0 Å². The van der Waals surface area contributed by atoms with E-state index in [2.05, 4.69) is 32.6 Å². The Morgan fingerprint density at radius 2 is 1.54 bits per heavy atom. The molecule has 2 unspecified atom stereocenters. The van der Waals surface area contributed by atoms with Crippen LogP contribution in [-0.4, -0.2) is 0 Å². The molecule has 0 bridgehead atoms. The van der Waals surface area contributed by atoms with Crippen LogP contribution in [0.5, 0.6) is 0 Å². The minimum absolute atomic E-state index is 0.548. The van der Waals surface area contributed by atoms with Crippen molar-refractivity contribution >= 4 is 0 Å². The Bertz CT molecular complexity index is 206. The van der Waals surface area contributed by atoms with Crippen molar-refractivity contribution in [1.29, 1.82) is 0 Å². The molecule has 0 saturated carbocycles. The zero-order valence-electron chi connectivity index (χ0n) is 8.90. The van der Waals surface area contributed by atoms with Crippen LogP contribution in [0.4, 0.5) is 0 Å². The van der Waals surface area contributed by atoms with Crippen molar-refractivity contribution in [1.82, 2.24) is 0 Å². The summed E-state index contributed by atoms with van der Waals surface area (Å²) in [6.45, 7) is 10.2. The van der Waals surface area contributed by atoms with E-state index < -0.39 is 0 Å². The summed E-state index contributed by atoms with van der Waals surface area (Å²) >= 11 is 0. The molecule has 0 N–H and O–H groups in total. The van der Waals surface area contributed by atoms with E-state index in [9.17, 15) is 0 Å². The average Bonchev–Trinajstić information content (AvgIpc) is 2.16. The largest absolute Gasteiger partial charge is 0.103 e. The van der Waals surface area contributed by atoms with Crippen molar-refractivity contribution in [2.75, 3.05) is 0 Å². The Hall–Kier alpha value is -1.04. The van der Waals surface area contributed by atoms with Gasteiger partial charge in [0.25, 0.3) is 0 Å². The van der Waals surface area contributed by atoms with Gasteiger partial charge < -0.3 is 0 Å². The lowest BCUT2D eigenvalue weighted by Gasteiger charge is -2.09. The first-order chi connectivity index (χ1) is 6.22. The predicted molar refractivity (Wildman–Crippen MR) is 61.6 cm³/mol. The third-order valence-electron chi connectivity index (χ3n) is 2.14. The molecule has 0 saturated heterocycles. The minimum atomic E-state index is 0.548. The molecule has 72 valence electrons. The van der Waals surface area contributed by atoms with Crippen LogP contribution in [0, 0.1) is 11.8 Å². The smallest absolute Gasteiger partial charge is 0.0199 e. The summed E-state index contributed by atoms with van der Waals surface area (Å²) in [6, 6.07) is 0. The molecule has 0 heterocycles. The van der Waals surface area contributed by atoms with Gasteiger partial charge in [0.05, 0.1) is 0 Å². The molecular weight excluding hydrogens is 156 g/mol. The summed E-state index contributed by atoms with van der Waals surface area (Å²) in [6.07, 6.45) is 14.4. The molecule has 0 aliphatic heterocycles. The van der Waals surface area contributed by atoms with Crippen LogP contribution < -0.4 is 0 Å². The van der Waals surface area contributed by atoms with E-state index in [4.69, 9.17) is 0 Å². The Balaban J connectivity index is 3.90. The highest BCUT2D eigenvalue weighted by molar-refractivity contribution is 5.11. The molecule has 0 aliphatic carbocycles. The normalized spacial score (nSPS) is 17.2. The van der Waals surface area contributed by atoms with Gasteiger partial charge in [-0.2, -0.15) is 0 Å². The topological polar surface area (TPSA) is 0 Å². The summed E-state index contributed by atoms with van der Waals surface area (Å²) < 4.78 is 0. The van der Waals surface area contributed by atoms with Gasteiger partial charge in [-0.05, 0) is 18.8 Å². The van der Waals surface area contributed by atoms with Crippen molar-refractivity contribution in [2.24, 2.45) is 11.8 Å². The summed E-state index contributed by atoms with van der Waals surface area (Å²) in [4.78, 5) is 0. The molecular formula is C13H20. The molecule has 0 aromatic rings. The van der Waals surface area contributed by atoms with Crippen LogP contribution in [-0.2, 0) is 0 Å². The first-order valence-corrected chi connectivity index (χ1v) is 4.81. The highest BCUT2D eigenvalue weighted by Crippen LogP contribution is 2.12. The van der Waals surface area contributed by atoms with Gasteiger partial charge in [0, 0.05) is 0 Å². The Morgan fingerprint density at radius 3 is 2.08 bits per heavy atom. The van der Waals surface area contributed by atoms with Gasteiger partial charge in [-0.3, -0.25) is 0 Å². The van der Waals surface area contributed by atoms with Crippen molar-refractivity contribution in [3.63, 3.8) is 0 Å². The van der Waals surface area contributed by atoms with Crippen molar-refractivity contribution in [2.45, 2.75) is 20.8 Å². The van der Waals surface area contributed by atoms with Crippen LogP contribution in [0.2, 0.25) is 0 Å². The number of allylic oxidation sites excluding steroid dienone is 7. The summed E-state index contributed by atoms with van der Waals surface area (Å²) in [7, 11) is 0. The lowest BCUT2D eigenvalue weighted by atomic mass is 9.96. The number of hydrogen-bond donors (Lipinski definition) is 0. The maximum Gasteiger partial charge on any atom is -0.0199 e. The molecule has 0 rings (SSSR count). The molecule has 0 amide bonds. The van der Waals surface area contributed by atoms with E-state index in [1.165, 1.54) is 0 Å². The SMILES string of the molecule is C=CC(C)C(C)/C=C/C=C\C=C/C. The Kier molecular flexibility index (Phi) is 6.99.